The molecule has 1 heterocycles. The van der Waals surface area contributed by atoms with Gasteiger partial charge in [-0.15, -0.1) is 0 Å². The number of aromatic nitrogens is 2. The number of guanidine groups is 1. The Balaban J connectivity index is 1.68. The third-order valence-electron chi connectivity index (χ3n) is 5.57. The van der Waals surface area contributed by atoms with Crippen LogP contribution < -0.4 is 10.6 Å². The Bertz CT molecular complexity index is 872. The number of hydrogen-bond acceptors (Lipinski definition) is 3. The number of benzene rings is 1. The van der Waals surface area contributed by atoms with Crippen LogP contribution in [0.2, 0.25) is 0 Å². The molecule has 0 spiro atoms. The number of carbonyl (C=O) groups excluding carboxylic acids is 1. The van der Waals surface area contributed by atoms with Gasteiger partial charge in [0.05, 0.1) is 24.0 Å². The number of aliphatic imine (C=N–C) groups is 1. The van der Waals surface area contributed by atoms with Crippen molar-refractivity contribution in [3.8, 4) is 5.69 Å². The van der Waals surface area contributed by atoms with Crippen LogP contribution in [0.25, 0.3) is 5.69 Å². The van der Waals surface area contributed by atoms with E-state index in [1.165, 1.54) is 6.07 Å². The van der Waals surface area contributed by atoms with Crippen molar-refractivity contribution in [3.63, 3.8) is 0 Å². The van der Waals surface area contributed by atoms with Gasteiger partial charge in [0.1, 0.15) is 5.82 Å². The Hall–Kier alpha value is -2.90. The van der Waals surface area contributed by atoms with Gasteiger partial charge in [-0.2, -0.15) is 0 Å². The largest absolute Gasteiger partial charge is 0.357 e. The van der Waals surface area contributed by atoms with Crippen LogP contribution in [-0.2, 0) is 11.3 Å². The molecule has 1 amide bonds. The van der Waals surface area contributed by atoms with Crippen molar-refractivity contribution in [2.45, 2.75) is 39.2 Å². The van der Waals surface area contributed by atoms with Crippen molar-refractivity contribution in [3.05, 3.63) is 48.3 Å². The molecule has 1 aliphatic rings. The van der Waals surface area contributed by atoms with E-state index < -0.39 is 0 Å². The molecule has 1 saturated carbocycles. The molecule has 0 aliphatic heterocycles. The summed E-state index contributed by atoms with van der Waals surface area (Å²) in [6.07, 6.45) is 8.79. The van der Waals surface area contributed by atoms with E-state index in [0.717, 1.165) is 31.2 Å². The highest BCUT2D eigenvalue weighted by Gasteiger charge is 2.42. The number of nitrogens with zero attached hydrogens (tertiary/aromatic N) is 4. The van der Waals surface area contributed by atoms with Gasteiger partial charge in [-0.05, 0) is 37.5 Å². The molecule has 0 radical (unpaired) electrons. The van der Waals surface area contributed by atoms with E-state index in [4.69, 9.17) is 0 Å². The molecule has 0 bridgehead atoms. The van der Waals surface area contributed by atoms with E-state index >= 15 is 0 Å². The van der Waals surface area contributed by atoms with Crippen molar-refractivity contribution in [2.24, 2.45) is 10.4 Å². The molecule has 162 valence electrons. The van der Waals surface area contributed by atoms with Crippen LogP contribution in [0.3, 0.4) is 0 Å². The number of nitrogens with one attached hydrogen (secondary N) is 2. The van der Waals surface area contributed by atoms with Gasteiger partial charge in [0, 0.05) is 39.6 Å². The number of amides is 1. The number of rotatable bonds is 7. The summed E-state index contributed by atoms with van der Waals surface area (Å²) in [7, 11) is 3.62. The average molecular weight is 415 g/mol. The number of halogens is 1. The van der Waals surface area contributed by atoms with E-state index in [1.54, 1.807) is 34.3 Å². The van der Waals surface area contributed by atoms with Crippen molar-refractivity contribution >= 4 is 11.9 Å². The Labute approximate surface area is 177 Å². The first-order chi connectivity index (χ1) is 14.4. The maximum atomic E-state index is 14.5. The number of imidazole rings is 1. The van der Waals surface area contributed by atoms with Crippen molar-refractivity contribution < 1.29 is 9.18 Å². The summed E-state index contributed by atoms with van der Waals surface area (Å²) in [5.74, 6) is 0.482. The second kappa shape index (κ2) is 9.73. The van der Waals surface area contributed by atoms with Crippen LogP contribution in [-0.4, -0.2) is 53.5 Å². The molecule has 1 aliphatic carbocycles. The number of hydrogen-bond donors (Lipinski definition) is 2. The summed E-state index contributed by atoms with van der Waals surface area (Å²) in [6.45, 7) is 3.58. The van der Waals surface area contributed by atoms with Crippen LogP contribution in [0.15, 0.2) is 41.9 Å². The normalized spacial score (nSPS) is 15.8. The van der Waals surface area contributed by atoms with Gasteiger partial charge in [-0.3, -0.25) is 4.79 Å². The Morgan fingerprint density at radius 3 is 2.67 bits per heavy atom. The van der Waals surface area contributed by atoms with Crippen molar-refractivity contribution in [2.75, 3.05) is 27.2 Å². The van der Waals surface area contributed by atoms with Crippen LogP contribution >= 0.6 is 0 Å². The quantitative estimate of drug-likeness (QED) is 0.540. The van der Waals surface area contributed by atoms with Gasteiger partial charge in [0.15, 0.2) is 5.96 Å². The lowest BCUT2D eigenvalue weighted by Crippen LogP contribution is -2.49. The fourth-order valence-corrected chi connectivity index (χ4v) is 4.02. The second-order valence-corrected chi connectivity index (χ2v) is 7.99. The first kappa shape index (κ1) is 21.8. The zero-order valence-corrected chi connectivity index (χ0v) is 18.0. The summed E-state index contributed by atoms with van der Waals surface area (Å²) in [5.41, 5.74) is 0.849. The molecule has 0 atom stereocenters. The third-order valence-corrected chi connectivity index (χ3v) is 5.57. The molecule has 3 rings (SSSR count). The average Bonchev–Trinajstić information content (AvgIpc) is 3.42. The summed E-state index contributed by atoms with van der Waals surface area (Å²) < 4.78 is 16.1. The smallest absolute Gasteiger partial charge is 0.230 e. The Kier molecular flexibility index (Phi) is 7.07. The molecule has 2 N–H and O–H groups in total. The van der Waals surface area contributed by atoms with Gasteiger partial charge in [0.2, 0.25) is 5.91 Å². The predicted molar refractivity (Wildman–Crippen MR) is 116 cm³/mol. The zero-order valence-electron chi connectivity index (χ0n) is 18.0. The standard InChI is InChI=1S/C22H31FN6O/c1-4-25-21(27-15-22(9-5-6-10-22)20(30)28(2)3)26-14-17-7-8-19(18(23)13-17)29-12-11-24-16-29/h7-8,11-13,16H,4-6,9-10,14-15H2,1-3H3,(H2,25,26,27). The molecule has 0 unspecified atom stereocenters. The van der Waals surface area contributed by atoms with Gasteiger partial charge in [-0.1, -0.05) is 18.9 Å². The van der Waals surface area contributed by atoms with E-state index in [1.807, 2.05) is 27.1 Å². The van der Waals surface area contributed by atoms with Crippen molar-refractivity contribution in [1.29, 1.82) is 0 Å². The first-order valence-corrected chi connectivity index (χ1v) is 10.5. The topological polar surface area (TPSA) is 74.5 Å². The molecule has 0 saturated heterocycles. The van der Waals surface area contributed by atoms with E-state index in [-0.39, 0.29) is 17.1 Å². The summed E-state index contributed by atoms with van der Waals surface area (Å²) in [4.78, 5) is 23.0. The summed E-state index contributed by atoms with van der Waals surface area (Å²) in [5, 5.41) is 6.56. The molecular weight excluding hydrogens is 383 g/mol. The van der Waals surface area contributed by atoms with Crippen molar-refractivity contribution in [1.82, 2.24) is 25.1 Å². The van der Waals surface area contributed by atoms with E-state index in [2.05, 4.69) is 20.6 Å². The fourth-order valence-electron chi connectivity index (χ4n) is 4.02. The highest BCUT2D eigenvalue weighted by atomic mass is 19.1. The van der Waals surface area contributed by atoms with Gasteiger partial charge in [-0.25, -0.2) is 14.4 Å². The third kappa shape index (κ3) is 4.98. The van der Waals surface area contributed by atoms with Crippen LogP contribution in [0, 0.1) is 11.2 Å². The zero-order chi connectivity index (χ0) is 21.6. The highest BCUT2D eigenvalue weighted by molar-refractivity contribution is 5.85. The van der Waals surface area contributed by atoms with Crippen LogP contribution in [0.4, 0.5) is 4.39 Å². The molecular formula is C22H31FN6O. The molecule has 2 aromatic rings. The van der Waals surface area contributed by atoms with Gasteiger partial charge in [0.25, 0.3) is 0 Å². The Morgan fingerprint density at radius 2 is 2.07 bits per heavy atom. The molecule has 1 aromatic carbocycles. The molecule has 8 heteroatoms. The van der Waals surface area contributed by atoms with Gasteiger partial charge < -0.3 is 20.1 Å². The van der Waals surface area contributed by atoms with E-state index in [9.17, 15) is 9.18 Å². The minimum absolute atomic E-state index is 0.167. The molecule has 30 heavy (non-hydrogen) atoms. The monoisotopic (exact) mass is 414 g/mol. The maximum absolute atomic E-state index is 14.5. The Morgan fingerprint density at radius 1 is 1.30 bits per heavy atom. The second-order valence-electron chi connectivity index (χ2n) is 7.99. The van der Waals surface area contributed by atoms with Crippen LogP contribution in [0.5, 0.6) is 0 Å². The predicted octanol–water partition coefficient (Wildman–Crippen LogP) is 2.72. The lowest BCUT2D eigenvalue weighted by molar-refractivity contribution is -0.138. The SMILES string of the molecule is CCNC(=NCc1ccc(-n2ccnc2)c(F)c1)NCC1(C(=O)N(C)C)CCCC1. The summed E-state index contributed by atoms with van der Waals surface area (Å²) >= 11 is 0. The molecule has 1 aromatic heterocycles. The fraction of sp³-hybridized carbons (Fsp3) is 0.500. The van der Waals surface area contributed by atoms with Gasteiger partial charge >= 0.3 is 0 Å². The molecule has 1 fully saturated rings. The minimum Gasteiger partial charge on any atom is -0.357 e. The lowest BCUT2D eigenvalue weighted by Gasteiger charge is -2.31. The highest BCUT2D eigenvalue weighted by Crippen LogP contribution is 2.38. The maximum Gasteiger partial charge on any atom is 0.230 e. The molecule has 7 nitrogen and oxygen atoms in total. The van der Waals surface area contributed by atoms with Crippen LogP contribution in [0.1, 0.15) is 38.2 Å². The number of carbonyl (C=O) groups is 1. The summed E-state index contributed by atoms with van der Waals surface area (Å²) in [6, 6.07) is 5.08. The first-order valence-electron chi connectivity index (χ1n) is 10.5. The minimum atomic E-state index is -0.377. The van der Waals surface area contributed by atoms with E-state index in [0.29, 0.717) is 31.3 Å². The lowest BCUT2D eigenvalue weighted by atomic mass is 9.84.